The van der Waals surface area contributed by atoms with Gasteiger partial charge in [-0.05, 0) is 75.2 Å². The molecule has 0 aromatic heterocycles. The summed E-state index contributed by atoms with van der Waals surface area (Å²) in [6.45, 7) is 2.12. The number of carbonyl (C=O) groups excluding carboxylic acids is 1. The molecule has 3 nitrogen and oxygen atoms in total. The molecule has 1 aliphatic heterocycles. The van der Waals surface area contributed by atoms with Gasteiger partial charge in [-0.2, -0.15) is 0 Å². The van der Waals surface area contributed by atoms with Crippen LogP contribution < -0.4 is 5.32 Å². The Hall–Kier alpha value is -0.570. The topological polar surface area (TPSA) is 32.3 Å². The molecule has 5 rings (SSSR count). The van der Waals surface area contributed by atoms with Crippen LogP contribution in [-0.4, -0.2) is 37.0 Å². The number of nitrogens with zero attached hydrogens (tertiary/aromatic N) is 1. The van der Waals surface area contributed by atoms with Crippen LogP contribution in [0.5, 0.6) is 0 Å². The van der Waals surface area contributed by atoms with E-state index in [1.165, 1.54) is 44.9 Å². The van der Waals surface area contributed by atoms with Gasteiger partial charge in [0, 0.05) is 25.6 Å². The minimum Gasteiger partial charge on any atom is -0.341 e. The molecule has 1 N–H and O–H groups in total. The van der Waals surface area contributed by atoms with Crippen molar-refractivity contribution in [1.29, 1.82) is 0 Å². The normalized spacial score (nSPS) is 46.5. The third-order valence-corrected chi connectivity index (χ3v) is 6.68. The molecule has 4 aliphatic carbocycles. The van der Waals surface area contributed by atoms with E-state index >= 15 is 0 Å². The summed E-state index contributed by atoms with van der Waals surface area (Å²) in [7, 11) is 2.06. The Labute approximate surface area is 122 Å². The summed E-state index contributed by atoms with van der Waals surface area (Å²) in [5, 5.41) is 3.44. The summed E-state index contributed by atoms with van der Waals surface area (Å²) in [4.78, 5) is 15.1. The molecule has 5 fully saturated rings. The fourth-order valence-corrected chi connectivity index (χ4v) is 5.91. The highest BCUT2D eigenvalue weighted by Crippen LogP contribution is 2.56. The van der Waals surface area contributed by atoms with Crippen LogP contribution >= 0.6 is 0 Å². The molecule has 0 radical (unpaired) electrons. The Balaban J connectivity index is 1.47. The molecular weight excluding hydrogens is 248 g/mol. The predicted octanol–water partition coefficient (Wildman–Crippen LogP) is 2.27. The molecule has 4 saturated carbocycles. The summed E-state index contributed by atoms with van der Waals surface area (Å²) in [6, 6.07) is 0.438. The van der Waals surface area contributed by atoms with Crippen molar-refractivity contribution < 1.29 is 4.79 Å². The maximum Gasteiger partial charge on any atom is 0.226 e. The van der Waals surface area contributed by atoms with Crippen LogP contribution in [0.2, 0.25) is 0 Å². The lowest BCUT2D eigenvalue weighted by Gasteiger charge is -2.54. The van der Waals surface area contributed by atoms with Crippen LogP contribution in [0.1, 0.15) is 44.9 Å². The van der Waals surface area contributed by atoms with Gasteiger partial charge in [0.1, 0.15) is 0 Å². The van der Waals surface area contributed by atoms with Gasteiger partial charge < -0.3 is 10.2 Å². The third kappa shape index (κ3) is 2.09. The van der Waals surface area contributed by atoms with Crippen molar-refractivity contribution in [2.24, 2.45) is 29.6 Å². The number of carbonyl (C=O) groups is 1. The van der Waals surface area contributed by atoms with Crippen LogP contribution in [0.25, 0.3) is 0 Å². The zero-order valence-electron chi connectivity index (χ0n) is 12.7. The van der Waals surface area contributed by atoms with E-state index in [4.69, 9.17) is 0 Å². The first-order chi connectivity index (χ1) is 9.72. The molecule has 0 aromatic carbocycles. The molecule has 1 heterocycles. The molecule has 4 bridgehead atoms. The molecular formula is C17H28N2O. The van der Waals surface area contributed by atoms with E-state index < -0.39 is 0 Å². The number of hydrogen-bond donors (Lipinski definition) is 1. The number of likely N-dealkylation sites (N-methyl/N-ethyl adjacent to an activating group) is 1. The van der Waals surface area contributed by atoms with Gasteiger partial charge >= 0.3 is 0 Å². The zero-order valence-corrected chi connectivity index (χ0v) is 12.7. The molecule has 1 amide bonds. The molecule has 5 aliphatic rings. The molecule has 1 atom stereocenters. The van der Waals surface area contributed by atoms with Crippen molar-refractivity contribution in [1.82, 2.24) is 10.2 Å². The zero-order chi connectivity index (χ0) is 13.7. The Morgan fingerprint density at radius 2 is 1.70 bits per heavy atom. The fourth-order valence-electron chi connectivity index (χ4n) is 5.91. The van der Waals surface area contributed by atoms with Crippen LogP contribution in [0, 0.1) is 29.6 Å². The van der Waals surface area contributed by atoms with E-state index in [0.29, 0.717) is 17.9 Å². The van der Waals surface area contributed by atoms with Gasteiger partial charge in [-0.15, -0.1) is 0 Å². The molecule has 0 aromatic rings. The van der Waals surface area contributed by atoms with Crippen molar-refractivity contribution >= 4 is 5.91 Å². The summed E-state index contributed by atoms with van der Waals surface area (Å²) >= 11 is 0. The van der Waals surface area contributed by atoms with E-state index in [1.807, 2.05) is 0 Å². The Kier molecular flexibility index (Phi) is 3.29. The Morgan fingerprint density at radius 1 is 1.05 bits per heavy atom. The lowest BCUT2D eigenvalue weighted by molar-refractivity contribution is -0.150. The Morgan fingerprint density at radius 3 is 2.25 bits per heavy atom. The fraction of sp³-hybridized carbons (Fsp3) is 0.941. The van der Waals surface area contributed by atoms with Gasteiger partial charge in [0.15, 0.2) is 0 Å². The highest BCUT2D eigenvalue weighted by molar-refractivity contribution is 5.80. The summed E-state index contributed by atoms with van der Waals surface area (Å²) in [5.74, 6) is 4.21. The van der Waals surface area contributed by atoms with Gasteiger partial charge in [-0.25, -0.2) is 0 Å². The van der Waals surface area contributed by atoms with E-state index in [0.717, 1.165) is 36.8 Å². The summed E-state index contributed by atoms with van der Waals surface area (Å²) < 4.78 is 0. The second-order valence-electron chi connectivity index (χ2n) is 7.91. The maximum absolute atomic E-state index is 13.0. The van der Waals surface area contributed by atoms with Crippen LogP contribution in [0.15, 0.2) is 0 Å². The maximum atomic E-state index is 13.0. The first-order valence-electron chi connectivity index (χ1n) is 8.69. The predicted molar refractivity (Wildman–Crippen MR) is 79.2 cm³/mol. The lowest BCUT2D eigenvalue weighted by Crippen LogP contribution is -2.55. The highest BCUT2D eigenvalue weighted by Gasteiger charge is 2.51. The smallest absolute Gasteiger partial charge is 0.226 e. The van der Waals surface area contributed by atoms with Crippen molar-refractivity contribution in [3.05, 3.63) is 0 Å². The van der Waals surface area contributed by atoms with E-state index in [-0.39, 0.29) is 0 Å². The third-order valence-electron chi connectivity index (χ3n) is 6.68. The van der Waals surface area contributed by atoms with Crippen LogP contribution in [0.3, 0.4) is 0 Å². The van der Waals surface area contributed by atoms with E-state index in [9.17, 15) is 4.79 Å². The average Bonchev–Trinajstić information content (AvgIpc) is 2.46. The van der Waals surface area contributed by atoms with Crippen LogP contribution in [-0.2, 0) is 4.79 Å². The molecule has 20 heavy (non-hydrogen) atoms. The van der Waals surface area contributed by atoms with Gasteiger partial charge in [0.05, 0.1) is 0 Å². The number of rotatable bonds is 2. The average molecular weight is 276 g/mol. The monoisotopic (exact) mass is 276 g/mol. The minimum absolute atomic E-state index is 0.370. The van der Waals surface area contributed by atoms with E-state index in [2.05, 4.69) is 17.3 Å². The largest absolute Gasteiger partial charge is 0.341 e. The van der Waals surface area contributed by atoms with Crippen molar-refractivity contribution in [2.75, 3.05) is 20.1 Å². The molecule has 112 valence electrons. The first-order valence-corrected chi connectivity index (χ1v) is 8.69. The van der Waals surface area contributed by atoms with Gasteiger partial charge in [0.2, 0.25) is 5.91 Å². The van der Waals surface area contributed by atoms with Gasteiger partial charge in [0.25, 0.3) is 0 Å². The lowest BCUT2D eigenvalue weighted by atomic mass is 9.51. The number of amides is 1. The summed E-state index contributed by atoms with van der Waals surface area (Å²) in [6.07, 6.45) is 9.25. The van der Waals surface area contributed by atoms with Crippen molar-refractivity contribution in [3.63, 3.8) is 0 Å². The highest BCUT2D eigenvalue weighted by atomic mass is 16.2. The van der Waals surface area contributed by atoms with E-state index in [1.54, 1.807) is 0 Å². The number of piperidine rings is 1. The molecule has 0 spiro atoms. The summed E-state index contributed by atoms with van der Waals surface area (Å²) in [5.41, 5.74) is 0. The first kappa shape index (κ1) is 13.1. The quantitative estimate of drug-likeness (QED) is 0.839. The second-order valence-corrected chi connectivity index (χ2v) is 7.91. The minimum atomic E-state index is 0.370. The Bertz CT molecular complexity index is 360. The molecule has 3 heteroatoms. The number of nitrogens with one attached hydrogen (secondary N) is 1. The van der Waals surface area contributed by atoms with Crippen molar-refractivity contribution in [2.45, 2.75) is 51.0 Å². The standard InChI is InChI=1S/C17H28N2O/c1-19(15-3-2-4-18-10-15)17(20)16-13-6-11-5-12(8-13)9-14(16)7-11/h11-16,18H,2-10H2,1H3. The van der Waals surface area contributed by atoms with Crippen LogP contribution in [0.4, 0.5) is 0 Å². The van der Waals surface area contributed by atoms with Gasteiger partial charge in [-0.3, -0.25) is 4.79 Å². The number of hydrogen-bond acceptors (Lipinski definition) is 2. The molecule has 1 saturated heterocycles. The molecule has 1 unspecified atom stereocenters. The SMILES string of the molecule is CN(C(=O)C1C2CC3CC(C2)CC1C3)C1CCCNC1. The van der Waals surface area contributed by atoms with Gasteiger partial charge in [-0.1, -0.05) is 0 Å². The second kappa shape index (κ2) is 5.01. The van der Waals surface area contributed by atoms with Crippen molar-refractivity contribution in [3.8, 4) is 0 Å².